The van der Waals surface area contributed by atoms with Gasteiger partial charge in [-0.2, -0.15) is 0 Å². The third-order valence-corrected chi connectivity index (χ3v) is 5.16. The Morgan fingerprint density at radius 2 is 2.00 bits per heavy atom. The quantitative estimate of drug-likeness (QED) is 0.899. The maximum absolute atomic E-state index is 12.3. The van der Waals surface area contributed by atoms with E-state index in [1.165, 1.54) is 30.5 Å². The summed E-state index contributed by atoms with van der Waals surface area (Å²) >= 11 is 1.32. The summed E-state index contributed by atoms with van der Waals surface area (Å²) in [6.45, 7) is 3.58. The molecular formula is C13H15N3O3S2. The molecule has 8 heteroatoms. The van der Waals surface area contributed by atoms with Gasteiger partial charge in [0.1, 0.15) is 0 Å². The highest BCUT2D eigenvalue weighted by Gasteiger charge is 2.17. The topological polar surface area (TPSA) is 88.2 Å². The van der Waals surface area contributed by atoms with Gasteiger partial charge in [-0.25, -0.2) is 18.1 Å². The molecule has 0 radical (unpaired) electrons. The maximum Gasteiger partial charge on any atom is 0.257 e. The van der Waals surface area contributed by atoms with Crippen LogP contribution in [0.4, 0.5) is 5.13 Å². The van der Waals surface area contributed by atoms with Crippen molar-refractivity contribution in [3.63, 3.8) is 0 Å². The third-order valence-electron chi connectivity index (χ3n) is 2.87. The molecule has 0 saturated carbocycles. The molecule has 1 heterocycles. The van der Waals surface area contributed by atoms with Gasteiger partial charge in [-0.3, -0.25) is 10.1 Å². The van der Waals surface area contributed by atoms with E-state index in [1.807, 2.05) is 12.3 Å². The number of thiazole rings is 1. The lowest BCUT2D eigenvalue weighted by molar-refractivity contribution is 0.102. The van der Waals surface area contributed by atoms with Crippen LogP contribution in [0.3, 0.4) is 0 Å². The minimum absolute atomic E-state index is 0.0519. The van der Waals surface area contributed by atoms with E-state index in [4.69, 9.17) is 0 Å². The molecule has 0 aliphatic carbocycles. The third kappa shape index (κ3) is 3.46. The highest BCUT2D eigenvalue weighted by molar-refractivity contribution is 7.89. The maximum atomic E-state index is 12.3. The second-order valence-corrected chi connectivity index (χ2v) is 7.18. The van der Waals surface area contributed by atoms with Crippen LogP contribution in [-0.2, 0) is 10.0 Å². The van der Waals surface area contributed by atoms with Crippen LogP contribution in [0.2, 0.25) is 0 Å². The molecule has 112 valence electrons. The molecule has 0 fully saturated rings. The summed E-state index contributed by atoms with van der Waals surface area (Å²) in [5.41, 5.74) is 1.81. The van der Waals surface area contributed by atoms with Crippen molar-refractivity contribution in [3.05, 3.63) is 40.4 Å². The van der Waals surface area contributed by atoms with Crippen molar-refractivity contribution < 1.29 is 13.2 Å². The minimum atomic E-state index is -3.58. The molecule has 2 aromatic rings. The number of aromatic nitrogens is 1. The summed E-state index contributed by atoms with van der Waals surface area (Å²) in [4.78, 5) is 16.5. The van der Waals surface area contributed by atoms with Gasteiger partial charge in [0.05, 0.1) is 10.6 Å². The Morgan fingerprint density at radius 3 is 2.57 bits per heavy atom. The number of sulfonamides is 1. The van der Waals surface area contributed by atoms with Gasteiger partial charge >= 0.3 is 0 Å². The number of amides is 1. The summed E-state index contributed by atoms with van der Waals surface area (Å²) in [5, 5.41) is 4.98. The number of carbonyl (C=O) groups is 1. The smallest absolute Gasteiger partial charge is 0.257 e. The van der Waals surface area contributed by atoms with E-state index in [-0.39, 0.29) is 10.8 Å². The molecule has 0 bridgehead atoms. The first-order chi connectivity index (χ1) is 9.83. The lowest BCUT2D eigenvalue weighted by Crippen LogP contribution is -2.20. The normalized spacial score (nSPS) is 11.4. The van der Waals surface area contributed by atoms with E-state index < -0.39 is 10.0 Å². The van der Waals surface area contributed by atoms with E-state index in [1.54, 1.807) is 13.0 Å². The molecule has 2 N–H and O–H groups in total. The first-order valence-electron chi connectivity index (χ1n) is 6.11. The minimum Gasteiger partial charge on any atom is -0.298 e. The van der Waals surface area contributed by atoms with Crippen LogP contribution < -0.4 is 10.0 Å². The Labute approximate surface area is 127 Å². The van der Waals surface area contributed by atoms with Gasteiger partial charge in [0, 0.05) is 10.9 Å². The predicted molar refractivity (Wildman–Crippen MR) is 82.2 cm³/mol. The Kier molecular flexibility index (Phi) is 4.40. The summed E-state index contributed by atoms with van der Waals surface area (Å²) < 4.78 is 25.8. The number of hydrogen-bond donors (Lipinski definition) is 2. The van der Waals surface area contributed by atoms with Crippen molar-refractivity contribution in [2.24, 2.45) is 0 Å². The zero-order chi connectivity index (χ0) is 15.6. The van der Waals surface area contributed by atoms with Crippen LogP contribution in [0.15, 0.2) is 28.5 Å². The number of anilines is 1. The molecule has 1 aromatic heterocycles. The van der Waals surface area contributed by atoms with Gasteiger partial charge in [-0.1, -0.05) is 6.07 Å². The molecule has 0 aliphatic rings. The molecule has 1 amide bonds. The first kappa shape index (κ1) is 15.6. The van der Waals surface area contributed by atoms with Crippen LogP contribution in [-0.4, -0.2) is 26.4 Å². The van der Waals surface area contributed by atoms with Crippen molar-refractivity contribution in [2.45, 2.75) is 18.7 Å². The largest absolute Gasteiger partial charge is 0.298 e. The summed E-state index contributed by atoms with van der Waals surface area (Å²) in [6.07, 6.45) is 0. The average Bonchev–Trinajstić information content (AvgIpc) is 2.84. The standard InChI is InChI=1S/C13H15N3O3S2/c1-8-4-5-10(21(18,19)14-3)6-11(8)12(17)16-13-15-9(2)7-20-13/h4-7,14H,1-3H3,(H,15,16,17). The Morgan fingerprint density at radius 1 is 1.29 bits per heavy atom. The van der Waals surface area contributed by atoms with Crippen molar-refractivity contribution in [1.82, 2.24) is 9.71 Å². The number of benzene rings is 1. The number of nitrogens with one attached hydrogen (secondary N) is 2. The van der Waals surface area contributed by atoms with Crippen LogP contribution >= 0.6 is 11.3 Å². The molecule has 0 unspecified atom stereocenters. The first-order valence-corrected chi connectivity index (χ1v) is 8.47. The monoisotopic (exact) mass is 325 g/mol. The van der Waals surface area contributed by atoms with Crippen molar-refractivity contribution in [3.8, 4) is 0 Å². The molecule has 6 nitrogen and oxygen atoms in total. The number of aryl methyl sites for hydroxylation is 2. The van der Waals surface area contributed by atoms with Crippen LogP contribution in [0.1, 0.15) is 21.6 Å². The Bertz CT molecular complexity index is 782. The molecule has 0 saturated heterocycles. The fraction of sp³-hybridized carbons (Fsp3) is 0.231. The van der Waals surface area contributed by atoms with Gasteiger partial charge in [0.2, 0.25) is 10.0 Å². The molecule has 0 aliphatic heterocycles. The van der Waals surface area contributed by atoms with E-state index in [2.05, 4.69) is 15.0 Å². The lowest BCUT2D eigenvalue weighted by atomic mass is 10.1. The molecule has 2 rings (SSSR count). The number of rotatable bonds is 4. The SMILES string of the molecule is CNS(=O)(=O)c1ccc(C)c(C(=O)Nc2nc(C)cs2)c1. The molecule has 0 atom stereocenters. The van der Waals surface area contributed by atoms with E-state index in [9.17, 15) is 13.2 Å². The fourth-order valence-electron chi connectivity index (χ4n) is 1.71. The van der Waals surface area contributed by atoms with Crippen molar-refractivity contribution >= 4 is 32.4 Å². The van der Waals surface area contributed by atoms with Crippen molar-refractivity contribution in [1.29, 1.82) is 0 Å². The van der Waals surface area contributed by atoms with Gasteiger partial charge < -0.3 is 0 Å². The highest BCUT2D eigenvalue weighted by atomic mass is 32.2. The van der Waals surface area contributed by atoms with Gasteiger partial charge in [0.25, 0.3) is 5.91 Å². The highest BCUT2D eigenvalue weighted by Crippen LogP contribution is 2.19. The number of hydrogen-bond acceptors (Lipinski definition) is 5. The average molecular weight is 325 g/mol. The lowest BCUT2D eigenvalue weighted by Gasteiger charge is -2.08. The molecule has 0 spiro atoms. The van der Waals surface area contributed by atoms with Gasteiger partial charge in [-0.15, -0.1) is 11.3 Å². The predicted octanol–water partition coefficient (Wildman–Crippen LogP) is 1.92. The number of nitrogens with zero attached hydrogens (tertiary/aromatic N) is 1. The van der Waals surface area contributed by atoms with E-state index in [0.717, 1.165) is 5.69 Å². The van der Waals surface area contributed by atoms with Crippen LogP contribution in [0.25, 0.3) is 0 Å². The van der Waals surface area contributed by atoms with Gasteiger partial charge in [-0.05, 0) is 38.6 Å². The second kappa shape index (κ2) is 5.92. The molecule has 21 heavy (non-hydrogen) atoms. The van der Waals surface area contributed by atoms with E-state index in [0.29, 0.717) is 16.3 Å². The van der Waals surface area contributed by atoms with Crippen LogP contribution in [0, 0.1) is 13.8 Å². The number of carbonyl (C=O) groups excluding carboxylic acids is 1. The second-order valence-electron chi connectivity index (χ2n) is 4.43. The van der Waals surface area contributed by atoms with Crippen molar-refractivity contribution in [2.75, 3.05) is 12.4 Å². The molecular weight excluding hydrogens is 310 g/mol. The summed E-state index contributed by atoms with van der Waals surface area (Å²) in [7, 11) is -2.26. The zero-order valence-corrected chi connectivity index (χ0v) is 13.4. The molecule has 1 aromatic carbocycles. The van der Waals surface area contributed by atoms with Crippen LogP contribution in [0.5, 0.6) is 0 Å². The summed E-state index contributed by atoms with van der Waals surface area (Å²) in [5.74, 6) is -0.380. The zero-order valence-electron chi connectivity index (χ0n) is 11.8. The Balaban J connectivity index is 2.34. The van der Waals surface area contributed by atoms with Gasteiger partial charge in [0.15, 0.2) is 5.13 Å². The van der Waals surface area contributed by atoms with E-state index >= 15 is 0 Å². The fourth-order valence-corrected chi connectivity index (χ4v) is 3.15. The summed E-state index contributed by atoms with van der Waals surface area (Å²) in [6, 6.07) is 4.43. The Hall–Kier alpha value is -1.77.